The zero-order chi connectivity index (χ0) is 8.97. The summed E-state index contributed by atoms with van der Waals surface area (Å²) in [6.45, 7) is 1.70. The van der Waals surface area contributed by atoms with Gasteiger partial charge in [0, 0.05) is 6.42 Å². The van der Waals surface area contributed by atoms with E-state index in [1.807, 2.05) is 30.3 Å². The smallest absolute Gasteiger partial charge is 0.154 e. The largest absolute Gasteiger partial charge is 0.298 e. The number of ketones is 1. The first-order valence-electron chi connectivity index (χ1n) is 3.91. The summed E-state index contributed by atoms with van der Waals surface area (Å²) in [5.74, 6) is 0.0721. The topological polar surface area (TPSA) is 17.1 Å². The Morgan fingerprint density at radius 1 is 1.42 bits per heavy atom. The molecule has 0 amide bonds. The molecule has 0 saturated carbocycles. The van der Waals surface area contributed by atoms with Gasteiger partial charge in [0.25, 0.3) is 0 Å². The van der Waals surface area contributed by atoms with Crippen LogP contribution < -0.4 is 0 Å². The van der Waals surface area contributed by atoms with E-state index in [2.05, 4.69) is 0 Å². The van der Waals surface area contributed by atoms with Gasteiger partial charge in [-0.25, -0.2) is 0 Å². The molecule has 1 atom stereocenters. The Balaban J connectivity index is 2.59. The second-order valence-corrected chi connectivity index (χ2v) is 3.40. The number of rotatable bonds is 3. The fourth-order valence-electron chi connectivity index (χ4n) is 0.938. The lowest BCUT2D eigenvalue weighted by molar-refractivity contribution is -0.117. The van der Waals surface area contributed by atoms with Crippen LogP contribution in [0.2, 0.25) is 0 Å². The molecule has 0 fully saturated rings. The van der Waals surface area contributed by atoms with Crippen LogP contribution in [-0.4, -0.2) is 11.2 Å². The van der Waals surface area contributed by atoms with E-state index in [-0.39, 0.29) is 11.2 Å². The highest BCUT2D eigenvalue weighted by molar-refractivity contribution is 6.30. The number of Topliss-reactive ketones (excluding diaryl/α,β-unsaturated/α-hetero) is 1. The summed E-state index contributed by atoms with van der Waals surface area (Å²) < 4.78 is 0. The average Bonchev–Trinajstić information content (AvgIpc) is 2.06. The minimum atomic E-state index is -0.384. The molecule has 0 spiro atoms. The molecule has 0 heterocycles. The number of halogens is 1. The van der Waals surface area contributed by atoms with Gasteiger partial charge in [0.2, 0.25) is 0 Å². The van der Waals surface area contributed by atoms with Crippen LogP contribution in [0.15, 0.2) is 30.3 Å². The normalized spacial score (nSPS) is 12.5. The summed E-state index contributed by atoms with van der Waals surface area (Å²) in [6, 6.07) is 9.62. The molecule has 0 aliphatic carbocycles. The molecule has 1 rings (SSSR count). The standard InChI is InChI=1S/C10H11ClO/c1-8(11)10(12)7-9-5-3-2-4-6-9/h2-6,8H,7H2,1H3. The van der Waals surface area contributed by atoms with Crippen molar-refractivity contribution in [2.24, 2.45) is 0 Å². The van der Waals surface area contributed by atoms with Crippen LogP contribution in [0.4, 0.5) is 0 Å². The minimum absolute atomic E-state index is 0.0721. The quantitative estimate of drug-likeness (QED) is 0.657. The zero-order valence-corrected chi connectivity index (χ0v) is 7.71. The molecule has 0 radical (unpaired) electrons. The molecule has 0 aromatic heterocycles. The average molecular weight is 183 g/mol. The van der Waals surface area contributed by atoms with Crippen LogP contribution in [0, 0.1) is 0 Å². The Kier molecular flexibility index (Phi) is 3.30. The fourth-order valence-corrected chi connectivity index (χ4v) is 1.01. The maximum absolute atomic E-state index is 11.2. The van der Waals surface area contributed by atoms with Crippen LogP contribution in [0.3, 0.4) is 0 Å². The molecular weight excluding hydrogens is 172 g/mol. The molecule has 0 aliphatic rings. The minimum Gasteiger partial charge on any atom is -0.298 e. The van der Waals surface area contributed by atoms with Gasteiger partial charge in [-0.15, -0.1) is 11.6 Å². The molecule has 2 heteroatoms. The van der Waals surface area contributed by atoms with Crippen LogP contribution in [0.1, 0.15) is 12.5 Å². The third-order valence-corrected chi connectivity index (χ3v) is 1.91. The van der Waals surface area contributed by atoms with Crippen LogP contribution in [0.25, 0.3) is 0 Å². The second kappa shape index (κ2) is 4.27. The van der Waals surface area contributed by atoms with E-state index in [4.69, 9.17) is 11.6 Å². The van der Waals surface area contributed by atoms with Crippen molar-refractivity contribution >= 4 is 17.4 Å². The fraction of sp³-hybridized carbons (Fsp3) is 0.300. The Labute approximate surface area is 77.4 Å². The second-order valence-electron chi connectivity index (χ2n) is 2.74. The summed E-state index contributed by atoms with van der Waals surface area (Å²) in [7, 11) is 0. The molecule has 0 saturated heterocycles. The molecule has 1 aromatic carbocycles. The lowest BCUT2D eigenvalue weighted by atomic mass is 10.1. The zero-order valence-electron chi connectivity index (χ0n) is 6.96. The lowest BCUT2D eigenvalue weighted by Gasteiger charge is -2.01. The van der Waals surface area contributed by atoms with Gasteiger partial charge in [0.05, 0.1) is 5.38 Å². The number of carbonyl (C=O) groups is 1. The highest BCUT2D eigenvalue weighted by Gasteiger charge is 2.08. The molecule has 0 aliphatic heterocycles. The highest BCUT2D eigenvalue weighted by atomic mass is 35.5. The van der Waals surface area contributed by atoms with E-state index >= 15 is 0 Å². The predicted octanol–water partition coefficient (Wildman–Crippen LogP) is 2.43. The molecule has 0 N–H and O–H groups in total. The number of hydrogen-bond acceptors (Lipinski definition) is 1. The Morgan fingerprint density at radius 3 is 2.50 bits per heavy atom. The van der Waals surface area contributed by atoms with Crippen molar-refractivity contribution in [2.75, 3.05) is 0 Å². The first-order valence-corrected chi connectivity index (χ1v) is 4.34. The van der Waals surface area contributed by atoms with E-state index in [1.54, 1.807) is 6.92 Å². The molecule has 0 bridgehead atoms. The van der Waals surface area contributed by atoms with Crippen molar-refractivity contribution in [1.29, 1.82) is 0 Å². The van der Waals surface area contributed by atoms with Gasteiger partial charge in [-0.05, 0) is 12.5 Å². The van der Waals surface area contributed by atoms with Crippen molar-refractivity contribution in [3.05, 3.63) is 35.9 Å². The number of benzene rings is 1. The molecule has 1 aromatic rings. The van der Waals surface area contributed by atoms with Gasteiger partial charge in [-0.1, -0.05) is 30.3 Å². The van der Waals surface area contributed by atoms with Gasteiger partial charge in [0.1, 0.15) is 0 Å². The summed E-state index contributed by atoms with van der Waals surface area (Å²) in [5.41, 5.74) is 1.02. The maximum Gasteiger partial charge on any atom is 0.154 e. The molecular formula is C10H11ClO. The predicted molar refractivity (Wildman–Crippen MR) is 50.5 cm³/mol. The third-order valence-electron chi connectivity index (χ3n) is 1.66. The van der Waals surface area contributed by atoms with E-state index in [0.717, 1.165) is 5.56 Å². The lowest BCUT2D eigenvalue weighted by Crippen LogP contribution is -2.12. The molecule has 12 heavy (non-hydrogen) atoms. The van der Waals surface area contributed by atoms with Crippen molar-refractivity contribution in [1.82, 2.24) is 0 Å². The number of carbonyl (C=O) groups excluding carboxylic acids is 1. The Hall–Kier alpha value is -0.820. The summed E-state index contributed by atoms with van der Waals surface area (Å²) >= 11 is 5.63. The van der Waals surface area contributed by atoms with E-state index in [9.17, 15) is 4.79 Å². The monoisotopic (exact) mass is 182 g/mol. The van der Waals surface area contributed by atoms with Gasteiger partial charge in [-0.2, -0.15) is 0 Å². The van der Waals surface area contributed by atoms with Gasteiger partial charge in [0.15, 0.2) is 5.78 Å². The summed E-state index contributed by atoms with van der Waals surface area (Å²) in [4.78, 5) is 11.2. The van der Waals surface area contributed by atoms with E-state index in [1.165, 1.54) is 0 Å². The Morgan fingerprint density at radius 2 is 2.00 bits per heavy atom. The number of alkyl halides is 1. The first-order chi connectivity index (χ1) is 5.70. The van der Waals surface area contributed by atoms with Crippen LogP contribution in [0.5, 0.6) is 0 Å². The highest BCUT2D eigenvalue weighted by Crippen LogP contribution is 2.04. The van der Waals surface area contributed by atoms with Gasteiger partial charge in [-0.3, -0.25) is 4.79 Å². The van der Waals surface area contributed by atoms with Crippen molar-refractivity contribution in [3.8, 4) is 0 Å². The summed E-state index contributed by atoms with van der Waals surface area (Å²) in [5, 5.41) is -0.384. The number of hydrogen-bond donors (Lipinski definition) is 0. The third kappa shape index (κ3) is 2.67. The molecule has 1 nitrogen and oxygen atoms in total. The van der Waals surface area contributed by atoms with Crippen molar-refractivity contribution in [3.63, 3.8) is 0 Å². The van der Waals surface area contributed by atoms with E-state index < -0.39 is 0 Å². The Bertz CT molecular complexity index is 254. The van der Waals surface area contributed by atoms with E-state index in [0.29, 0.717) is 6.42 Å². The van der Waals surface area contributed by atoms with Gasteiger partial charge < -0.3 is 0 Å². The van der Waals surface area contributed by atoms with Crippen molar-refractivity contribution < 1.29 is 4.79 Å². The first kappa shape index (κ1) is 9.27. The van der Waals surface area contributed by atoms with Gasteiger partial charge >= 0.3 is 0 Å². The summed E-state index contributed by atoms with van der Waals surface area (Å²) in [6.07, 6.45) is 0.436. The SMILES string of the molecule is CC(Cl)C(=O)Cc1ccccc1. The van der Waals surface area contributed by atoms with Crippen LogP contribution >= 0.6 is 11.6 Å². The maximum atomic E-state index is 11.2. The molecule has 1 unspecified atom stereocenters. The van der Waals surface area contributed by atoms with Crippen LogP contribution in [-0.2, 0) is 11.2 Å². The molecule has 64 valence electrons. The van der Waals surface area contributed by atoms with Crippen molar-refractivity contribution in [2.45, 2.75) is 18.7 Å².